The van der Waals surface area contributed by atoms with Crippen LogP contribution in [0.1, 0.15) is 0 Å². The van der Waals surface area contributed by atoms with Crippen LogP contribution in [-0.2, 0) is 52.1 Å². The Bertz CT molecular complexity index is 17.1. The standard InChI is InChI=1S/BHO3.2O.Ti.Zn/c2-1(3)4;;;;/h2H;;;;/q3*-2;+4;+2. The zero-order chi connectivity index (χ0) is 3.58. The van der Waals surface area contributed by atoms with Crippen molar-refractivity contribution in [3.05, 3.63) is 0 Å². The van der Waals surface area contributed by atoms with Crippen LogP contribution in [0.25, 0.3) is 0 Å². The third-order valence-corrected chi connectivity index (χ3v) is 0. The molecule has 0 spiro atoms. The predicted molar refractivity (Wildman–Crippen MR) is 9.35 cm³/mol. The van der Waals surface area contributed by atoms with Gasteiger partial charge >= 0.3 is 41.2 Å². The van der Waals surface area contributed by atoms with E-state index in [2.05, 4.69) is 0 Å². The van der Waals surface area contributed by atoms with Gasteiger partial charge in [-0.25, -0.2) is 0 Å². The minimum Gasteiger partial charge on any atom is -2.00 e. The fourth-order valence-electron chi connectivity index (χ4n) is 0. The molecule has 8 heavy (non-hydrogen) atoms. The first kappa shape index (κ1) is 35.1. The molecule has 0 saturated carbocycles. The van der Waals surface area contributed by atoms with Gasteiger partial charge < -0.3 is 26.0 Å². The Morgan fingerprint density at radius 3 is 1.12 bits per heavy atom. The summed E-state index contributed by atoms with van der Waals surface area (Å²) in [4.78, 5) is 0. The van der Waals surface area contributed by atoms with Crippen molar-refractivity contribution >= 4 is 7.32 Å². The number of rotatable bonds is 0. The Labute approximate surface area is 74.5 Å². The number of hydrogen-bond donors (Lipinski definition) is 1. The third kappa shape index (κ3) is 192. The molecule has 0 saturated heterocycles. The molecule has 0 unspecified atom stereocenters. The molecule has 0 bridgehead atoms. The van der Waals surface area contributed by atoms with Gasteiger partial charge in [-0.1, -0.05) is 0 Å². The van der Waals surface area contributed by atoms with Crippen molar-refractivity contribution in [2.75, 3.05) is 0 Å². The SMILES string of the molecule is [O-2].[O-2].[O-]B([O-])O.[Ti+4].[Zn+2]. The molecule has 0 aromatic carbocycles. The topological polar surface area (TPSA) is 123 Å². The van der Waals surface area contributed by atoms with Crippen molar-refractivity contribution in [2.24, 2.45) is 0 Å². The van der Waals surface area contributed by atoms with E-state index in [0.29, 0.717) is 0 Å². The zero-order valence-electron chi connectivity index (χ0n) is 3.86. The van der Waals surface area contributed by atoms with Crippen LogP contribution in [0.2, 0.25) is 0 Å². The van der Waals surface area contributed by atoms with Crippen LogP contribution in [0.4, 0.5) is 0 Å². The molecular formula is HBO5TiZn. The molecule has 0 atom stereocenters. The minimum absolute atomic E-state index is 0. The van der Waals surface area contributed by atoms with Crippen molar-refractivity contribution in [2.45, 2.75) is 0 Å². The molecule has 0 aliphatic rings. The number of hydrogen-bond acceptors (Lipinski definition) is 3. The molecule has 0 radical (unpaired) electrons. The first-order chi connectivity index (χ1) is 1.73. The molecule has 0 aromatic heterocycles. The first-order valence-corrected chi connectivity index (χ1v) is 0.730. The van der Waals surface area contributed by atoms with Crippen molar-refractivity contribution in [3.8, 4) is 0 Å². The van der Waals surface area contributed by atoms with Crippen LogP contribution < -0.4 is 10.0 Å². The van der Waals surface area contributed by atoms with E-state index in [1.807, 2.05) is 0 Å². The molecule has 8 heteroatoms. The van der Waals surface area contributed by atoms with Gasteiger partial charge in [-0.05, 0) is 0 Å². The minimum atomic E-state index is -2.67. The second-order valence-corrected chi connectivity index (χ2v) is 0.307. The van der Waals surface area contributed by atoms with E-state index in [4.69, 9.17) is 15.1 Å². The summed E-state index contributed by atoms with van der Waals surface area (Å²) in [6, 6.07) is 0. The van der Waals surface area contributed by atoms with Crippen molar-refractivity contribution in [1.29, 1.82) is 0 Å². The van der Waals surface area contributed by atoms with Crippen molar-refractivity contribution in [1.82, 2.24) is 0 Å². The zero-order valence-corrected chi connectivity index (χ0v) is 8.39. The molecule has 0 aliphatic carbocycles. The Morgan fingerprint density at radius 2 is 1.12 bits per heavy atom. The average molecular weight is 205 g/mol. The molecule has 0 fully saturated rings. The molecule has 1 N–H and O–H groups in total. The van der Waals surface area contributed by atoms with Gasteiger partial charge in [0.05, 0.1) is 7.32 Å². The summed E-state index contributed by atoms with van der Waals surface area (Å²) in [5.41, 5.74) is 0. The second kappa shape index (κ2) is 24.1. The normalized spacial score (nSPS) is 3.38. The van der Waals surface area contributed by atoms with E-state index >= 15 is 0 Å². The Kier molecular flexibility index (Phi) is 106. The van der Waals surface area contributed by atoms with Gasteiger partial charge in [0.15, 0.2) is 0 Å². The Hall–Kier alpha value is 1.20. The molecule has 5 nitrogen and oxygen atoms in total. The summed E-state index contributed by atoms with van der Waals surface area (Å²) in [7, 11) is -2.67. The largest absolute Gasteiger partial charge is 4.00 e. The molecule has 0 aromatic rings. The molecular weight excluding hydrogens is 204 g/mol. The summed E-state index contributed by atoms with van der Waals surface area (Å²) < 4.78 is 0. The fraction of sp³-hybridized carbons (Fsp3) is 0. The molecule has 0 amide bonds. The van der Waals surface area contributed by atoms with Gasteiger partial charge in [0.1, 0.15) is 0 Å². The fourth-order valence-corrected chi connectivity index (χ4v) is 0. The molecule has 40 valence electrons. The van der Waals surface area contributed by atoms with Gasteiger partial charge in [-0.2, -0.15) is 0 Å². The van der Waals surface area contributed by atoms with Gasteiger partial charge in [0.25, 0.3) is 0 Å². The summed E-state index contributed by atoms with van der Waals surface area (Å²) in [6.45, 7) is 0. The Balaban J connectivity index is -0.00000000750. The summed E-state index contributed by atoms with van der Waals surface area (Å²) in [5.74, 6) is 0. The van der Waals surface area contributed by atoms with E-state index in [0.717, 1.165) is 0 Å². The smallest absolute Gasteiger partial charge is 2.00 e. The van der Waals surface area contributed by atoms with Crippen LogP contribution in [-0.4, -0.2) is 12.3 Å². The van der Waals surface area contributed by atoms with Crippen molar-refractivity contribution in [3.63, 3.8) is 0 Å². The average Bonchev–Trinajstić information content (AvgIpc) is 0.811. The van der Waals surface area contributed by atoms with E-state index in [1.54, 1.807) is 0 Å². The summed E-state index contributed by atoms with van der Waals surface area (Å²) >= 11 is 0. The van der Waals surface area contributed by atoms with Gasteiger partial charge in [-0.3, -0.25) is 0 Å². The monoisotopic (exact) mass is 204 g/mol. The van der Waals surface area contributed by atoms with Crippen LogP contribution in [0.5, 0.6) is 0 Å². The quantitative estimate of drug-likeness (QED) is 0.411. The predicted octanol–water partition coefficient (Wildman–Crippen LogP) is -3.56. The van der Waals surface area contributed by atoms with E-state index in [9.17, 15) is 0 Å². The maximum atomic E-state index is 8.53. The summed E-state index contributed by atoms with van der Waals surface area (Å²) in [5, 5.41) is 24.0. The molecule has 0 rings (SSSR count). The van der Waals surface area contributed by atoms with Gasteiger partial charge in [0, 0.05) is 0 Å². The maximum absolute atomic E-state index is 8.53. The van der Waals surface area contributed by atoms with E-state index in [-0.39, 0.29) is 52.1 Å². The van der Waals surface area contributed by atoms with Crippen LogP contribution in [0.15, 0.2) is 0 Å². The molecule has 0 aliphatic heterocycles. The van der Waals surface area contributed by atoms with Crippen molar-refractivity contribution < 1.29 is 67.2 Å². The first-order valence-electron chi connectivity index (χ1n) is 0.730. The maximum Gasteiger partial charge on any atom is 4.00 e. The molecule has 0 heterocycles. The van der Waals surface area contributed by atoms with Gasteiger partial charge in [-0.15, -0.1) is 0 Å². The van der Waals surface area contributed by atoms with E-state index in [1.165, 1.54) is 0 Å². The summed E-state index contributed by atoms with van der Waals surface area (Å²) in [6.07, 6.45) is 0. The van der Waals surface area contributed by atoms with Crippen LogP contribution in [0, 0.1) is 0 Å². The van der Waals surface area contributed by atoms with E-state index < -0.39 is 7.32 Å². The van der Waals surface area contributed by atoms with Gasteiger partial charge in [0.2, 0.25) is 0 Å². The van der Waals surface area contributed by atoms with Crippen LogP contribution >= 0.6 is 0 Å². The second-order valence-electron chi connectivity index (χ2n) is 0.307. The Morgan fingerprint density at radius 1 is 1.12 bits per heavy atom. The van der Waals surface area contributed by atoms with Crippen LogP contribution in [0.3, 0.4) is 0 Å². The third-order valence-electron chi connectivity index (χ3n) is 0.